The van der Waals surface area contributed by atoms with Gasteiger partial charge in [0.15, 0.2) is 6.21 Å². The molecule has 0 bridgehead atoms. The molecular formula is C17H15NO5. The van der Waals surface area contributed by atoms with Gasteiger partial charge in [0.2, 0.25) is 5.69 Å². The highest BCUT2D eigenvalue weighted by molar-refractivity contribution is 5.96. The first-order valence-corrected chi connectivity index (χ1v) is 6.73. The van der Waals surface area contributed by atoms with Crippen LogP contribution in [-0.4, -0.2) is 37.1 Å². The molecule has 0 saturated heterocycles. The monoisotopic (exact) mass is 313 g/mol. The molecule has 23 heavy (non-hydrogen) atoms. The lowest BCUT2D eigenvalue weighted by atomic mass is 10.1. The number of rotatable bonds is 4. The van der Waals surface area contributed by atoms with Crippen LogP contribution in [0.1, 0.15) is 26.3 Å². The molecule has 0 amide bonds. The number of hydrogen-bond acceptors (Lipinski definition) is 5. The first-order chi connectivity index (χ1) is 11.0. The van der Waals surface area contributed by atoms with E-state index in [1.165, 1.54) is 38.6 Å². The quantitative estimate of drug-likeness (QED) is 0.285. The highest BCUT2D eigenvalue weighted by Crippen LogP contribution is 2.19. The Labute approximate surface area is 133 Å². The van der Waals surface area contributed by atoms with Crippen molar-refractivity contribution in [2.24, 2.45) is 0 Å². The van der Waals surface area contributed by atoms with Crippen molar-refractivity contribution < 1.29 is 23.8 Å². The van der Waals surface area contributed by atoms with Crippen LogP contribution in [0.25, 0.3) is 0 Å². The molecule has 0 N–H and O–H groups in total. The van der Waals surface area contributed by atoms with Crippen molar-refractivity contribution in [1.82, 2.24) is 0 Å². The van der Waals surface area contributed by atoms with Gasteiger partial charge in [-0.05, 0) is 18.2 Å². The van der Waals surface area contributed by atoms with Crippen molar-refractivity contribution in [3.8, 4) is 0 Å². The van der Waals surface area contributed by atoms with E-state index in [2.05, 4.69) is 9.47 Å². The minimum atomic E-state index is -0.648. The second kappa shape index (κ2) is 7.22. The van der Waals surface area contributed by atoms with Crippen LogP contribution in [0.3, 0.4) is 0 Å². The summed E-state index contributed by atoms with van der Waals surface area (Å²) in [6, 6.07) is 13.0. The Bertz CT molecular complexity index is 719. The number of hydrogen-bond donors (Lipinski definition) is 0. The molecule has 2 aromatic carbocycles. The Morgan fingerprint density at radius 2 is 1.48 bits per heavy atom. The van der Waals surface area contributed by atoms with Crippen molar-refractivity contribution in [1.29, 1.82) is 0 Å². The Morgan fingerprint density at radius 3 is 1.96 bits per heavy atom. The van der Waals surface area contributed by atoms with Crippen LogP contribution in [0.5, 0.6) is 0 Å². The van der Waals surface area contributed by atoms with Gasteiger partial charge in [-0.3, -0.25) is 0 Å². The van der Waals surface area contributed by atoms with E-state index < -0.39 is 11.9 Å². The van der Waals surface area contributed by atoms with Gasteiger partial charge in [-0.2, -0.15) is 4.74 Å². The molecule has 0 aliphatic heterocycles. The summed E-state index contributed by atoms with van der Waals surface area (Å²) in [5.74, 6) is -1.30. The fraction of sp³-hybridized carbons (Fsp3) is 0.118. The van der Waals surface area contributed by atoms with E-state index in [-0.39, 0.29) is 16.8 Å². The zero-order valence-corrected chi connectivity index (χ0v) is 12.7. The summed E-state index contributed by atoms with van der Waals surface area (Å²) in [6.07, 6.45) is 1.34. The molecule has 6 heteroatoms. The Balaban J connectivity index is 2.50. The van der Waals surface area contributed by atoms with E-state index >= 15 is 0 Å². The van der Waals surface area contributed by atoms with E-state index in [0.717, 1.165) is 0 Å². The third-order valence-corrected chi connectivity index (χ3v) is 3.08. The number of nitrogens with zero attached hydrogens (tertiary/aromatic N) is 1. The Hall–Kier alpha value is -3.15. The average molecular weight is 313 g/mol. The van der Waals surface area contributed by atoms with Gasteiger partial charge in [-0.1, -0.05) is 18.2 Å². The molecule has 2 rings (SSSR count). The van der Waals surface area contributed by atoms with Gasteiger partial charge < -0.3 is 14.7 Å². The Kier molecular flexibility index (Phi) is 5.09. The topological polar surface area (TPSA) is 78.7 Å². The van der Waals surface area contributed by atoms with Crippen molar-refractivity contribution >= 4 is 23.8 Å². The SMILES string of the molecule is COC(=O)c1cc(C(=O)OC)cc(/[N+]([O-])=C/c2ccccc2)c1. The van der Waals surface area contributed by atoms with Crippen LogP contribution in [0.15, 0.2) is 48.5 Å². The summed E-state index contributed by atoms with van der Waals surface area (Å²) in [6.45, 7) is 0. The van der Waals surface area contributed by atoms with E-state index in [1.54, 1.807) is 24.3 Å². The molecule has 0 aliphatic carbocycles. The standard InChI is InChI=1S/C17H15NO5/c1-22-16(19)13-8-14(17(20)23-2)10-15(9-13)18(21)11-12-6-4-3-5-7-12/h3-11H,1-2H3/b18-11-. The largest absolute Gasteiger partial charge is 0.618 e. The summed E-state index contributed by atoms with van der Waals surface area (Å²) < 4.78 is 9.85. The number of carbonyl (C=O) groups is 2. The van der Waals surface area contributed by atoms with Crippen molar-refractivity contribution in [3.63, 3.8) is 0 Å². The number of benzene rings is 2. The molecule has 0 aromatic heterocycles. The number of carbonyl (C=O) groups excluding carboxylic acids is 2. The molecule has 0 radical (unpaired) electrons. The third-order valence-electron chi connectivity index (χ3n) is 3.08. The van der Waals surface area contributed by atoms with Gasteiger partial charge in [0, 0.05) is 17.7 Å². The average Bonchev–Trinajstić information content (AvgIpc) is 2.60. The van der Waals surface area contributed by atoms with E-state index in [0.29, 0.717) is 10.3 Å². The second-order valence-electron chi connectivity index (χ2n) is 4.62. The van der Waals surface area contributed by atoms with Crippen LogP contribution in [0, 0.1) is 5.21 Å². The van der Waals surface area contributed by atoms with Crippen molar-refractivity contribution in [2.75, 3.05) is 14.2 Å². The lowest BCUT2D eigenvalue weighted by Gasteiger charge is -2.08. The van der Waals surface area contributed by atoms with Gasteiger partial charge in [0.1, 0.15) is 0 Å². The molecule has 0 unspecified atom stereocenters. The van der Waals surface area contributed by atoms with E-state index in [1.807, 2.05) is 6.07 Å². The molecular weight excluding hydrogens is 298 g/mol. The Morgan fingerprint density at radius 1 is 0.957 bits per heavy atom. The van der Waals surface area contributed by atoms with Crippen molar-refractivity contribution in [2.45, 2.75) is 0 Å². The summed E-state index contributed by atoms with van der Waals surface area (Å²) >= 11 is 0. The van der Waals surface area contributed by atoms with Crippen LogP contribution in [-0.2, 0) is 9.47 Å². The van der Waals surface area contributed by atoms with Crippen LogP contribution in [0.4, 0.5) is 5.69 Å². The molecule has 0 fully saturated rings. The normalized spacial score (nSPS) is 11.0. The summed E-state index contributed by atoms with van der Waals surface area (Å²) in [7, 11) is 2.44. The maximum Gasteiger partial charge on any atom is 0.338 e. The highest BCUT2D eigenvalue weighted by atomic mass is 16.5. The molecule has 0 spiro atoms. The zero-order chi connectivity index (χ0) is 16.8. The van der Waals surface area contributed by atoms with Crippen molar-refractivity contribution in [3.05, 3.63) is 70.4 Å². The van der Waals surface area contributed by atoms with Crippen LogP contribution >= 0.6 is 0 Å². The van der Waals surface area contributed by atoms with E-state index in [4.69, 9.17) is 0 Å². The lowest BCUT2D eigenvalue weighted by Crippen LogP contribution is -2.09. The lowest BCUT2D eigenvalue weighted by molar-refractivity contribution is -0.354. The van der Waals surface area contributed by atoms with Crippen LogP contribution < -0.4 is 0 Å². The minimum absolute atomic E-state index is 0.0905. The molecule has 0 heterocycles. The fourth-order valence-corrected chi connectivity index (χ4v) is 1.96. The van der Waals surface area contributed by atoms with Gasteiger partial charge in [-0.15, -0.1) is 0 Å². The summed E-state index contributed by atoms with van der Waals surface area (Å²) in [5, 5.41) is 12.3. The second-order valence-corrected chi connectivity index (χ2v) is 4.62. The number of methoxy groups -OCH3 is 2. The maximum atomic E-state index is 12.3. The number of esters is 2. The first kappa shape index (κ1) is 16.2. The molecule has 0 saturated carbocycles. The van der Waals surface area contributed by atoms with Gasteiger partial charge >= 0.3 is 11.9 Å². The molecule has 6 nitrogen and oxygen atoms in total. The van der Waals surface area contributed by atoms with Gasteiger partial charge in [0.05, 0.1) is 25.3 Å². The van der Waals surface area contributed by atoms with Crippen LogP contribution in [0.2, 0.25) is 0 Å². The minimum Gasteiger partial charge on any atom is -0.618 e. The molecule has 118 valence electrons. The molecule has 0 atom stereocenters. The molecule has 2 aromatic rings. The zero-order valence-electron chi connectivity index (χ0n) is 12.7. The summed E-state index contributed by atoms with van der Waals surface area (Å²) in [5.41, 5.74) is 0.989. The summed E-state index contributed by atoms with van der Waals surface area (Å²) in [4.78, 5) is 23.4. The predicted molar refractivity (Wildman–Crippen MR) is 84.0 cm³/mol. The maximum absolute atomic E-state index is 12.3. The fourth-order valence-electron chi connectivity index (χ4n) is 1.96. The number of ether oxygens (including phenoxy) is 2. The van der Waals surface area contributed by atoms with Gasteiger partial charge in [0.25, 0.3) is 0 Å². The highest BCUT2D eigenvalue weighted by Gasteiger charge is 2.17. The molecule has 0 aliphatic rings. The predicted octanol–water partition coefficient (Wildman–Crippen LogP) is 2.52. The smallest absolute Gasteiger partial charge is 0.338 e. The van der Waals surface area contributed by atoms with Gasteiger partial charge in [-0.25, -0.2) is 9.59 Å². The van der Waals surface area contributed by atoms with E-state index in [9.17, 15) is 14.8 Å². The first-order valence-electron chi connectivity index (χ1n) is 6.73. The third kappa shape index (κ3) is 3.94.